The molecule has 2 rings (SSSR count). The number of rotatable bonds is 3. The molecule has 0 fully saturated rings. The molecule has 0 spiro atoms. The van der Waals surface area contributed by atoms with Gasteiger partial charge in [-0.25, -0.2) is 0 Å². The number of furan rings is 1. The van der Waals surface area contributed by atoms with Crippen molar-refractivity contribution < 1.29 is 9.21 Å². The summed E-state index contributed by atoms with van der Waals surface area (Å²) in [5, 5.41) is 2.89. The fourth-order valence-corrected chi connectivity index (χ4v) is 1.59. The Bertz CT molecular complexity index is 485. The zero-order valence-corrected chi connectivity index (χ0v) is 9.94. The predicted octanol–water partition coefficient (Wildman–Crippen LogP) is 3.08. The van der Waals surface area contributed by atoms with E-state index in [4.69, 9.17) is 4.42 Å². The SMILES string of the molecule is Cc1ccc(C(=O)NC(C)c2ccco2)cc1. The van der Waals surface area contributed by atoms with Crippen LogP contribution in [0.2, 0.25) is 0 Å². The van der Waals surface area contributed by atoms with Gasteiger partial charge in [0.05, 0.1) is 12.3 Å². The Kier molecular flexibility index (Phi) is 3.28. The van der Waals surface area contributed by atoms with E-state index in [1.54, 1.807) is 6.26 Å². The number of carbonyl (C=O) groups is 1. The van der Waals surface area contributed by atoms with Gasteiger partial charge >= 0.3 is 0 Å². The number of aryl methyl sites for hydroxylation is 1. The van der Waals surface area contributed by atoms with Crippen molar-refractivity contribution in [2.24, 2.45) is 0 Å². The Hall–Kier alpha value is -2.03. The Labute approximate surface area is 100 Å². The number of carbonyl (C=O) groups excluding carboxylic acids is 1. The van der Waals surface area contributed by atoms with E-state index in [0.717, 1.165) is 11.3 Å². The van der Waals surface area contributed by atoms with Gasteiger partial charge in [0.25, 0.3) is 5.91 Å². The summed E-state index contributed by atoms with van der Waals surface area (Å²) in [5.74, 6) is 0.666. The van der Waals surface area contributed by atoms with Crippen molar-refractivity contribution in [2.75, 3.05) is 0 Å². The summed E-state index contributed by atoms with van der Waals surface area (Å²) in [5.41, 5.74) is 1.80. The van der Waals surface area contributed by atoms with Crippen LogP contribution in [0.4, 0.5) is 0 Å². The quantitative estimate of drug-likeness (QED) is 0.878. The highest BCUT2D eigenvalue weighted by Gasteiger charge is 2.12. The zero-order valence-electron chi connectivity index (χ0n) is 9.94. The summed E-state index contributed by atoms with van der Waals surface area (Å²) in [4.78, 5) is 11.9. The lowest BCUT2D eigenvalue weighted by molar-refractivity contribution is 0.0935. The van der Waals surface area contributed by atoms with E-state index in [1.165, 1.54) is 0 Å². The van der Waals surface area contributed by atoms with Crippen molar-refractivity contribution in [3.05, 3.63) is 59.5 Å². The van der Waals surface area contributed by atoms with Gasteiger partial charge < -0.3 is 9.73 Å². The summed E-state index contributed by atoms with van der Waals surface area (Å²) in [6.07, 6.45) is 1.60. The average molecular weight is 229 g/mol. The lowest BCUT2D eigenvalue weighted by Crippen LogP contribution is -2.26. The Morgan fingerprint density at radius 3 is 2.53 bits per heavy atom. The van der Waals surface area contributed by atoms with E-state index in [1.807, 2.05) is 50.2 Å². The van der Waals surface area contributed by atoms with Gasteiger partial charge in [0, 0.05) is 5.56 Å². The van der Waals surface area contributed by atoms with Gasteiger partial charge in [-0.15, -0.1) is 0 Å². The van der Waals surface area contributed by atoms with Crippen LogP contribution >= 0.6 is 0 Å². The third-order valence-electron chi connectivity index (χ3n) is 2.63. The molecule has 2 aromatic rings. The molecule has 3 heteroatoms. The predicted molar refractivity (Wildman–Crippen MR) is 65.8 cm³/mol. The van der Waals surface area contributed by atoms with Gasteiger partial charge in [0.15, 0.2) is 0 Å². The second kappa shape index (κ2) is 4.87. The van der Waals surface area contributed by atoms with Crippen LogP contribution in [0.15, 0.2) is 47.1 Å². The van der Waals surface area contributed by atoms with Gasteiger partial charge in [0.2, 0.25) is 0 Å². The molecule has 1 N–H and O–H groups in total. The van der Waals surface area contributed by atoms with Gasteiger partial charge in [-0.1, -0.05) is 17.7 Å². The minimum atomic E-state index is -0.126. The molecule has 1 aromatic heterocycles. The molecule has 0 saturated heterocycles. The third-order valence-corrected chi connectivity index (χ3v) is 2.63. The molecule has 1 amide bonds. The number of benzene rings is 1. The average Bonchev–Trinajstić information content (AvgIpc) is 2.83. The van der Waals surface area contributed by atoms with E-state index < -0.39 is 0 Å². The molecule has 1 unspecified atom stereocenters. The van der Waals surface area contributed by atoms with E-state index >= 15 is 0 Å². The standard InChI is InChI=1S/C14H15NO2/c1-10-5-7-12(8-6-10)14(16)15-11(2)13-4-3-9-17-13/h3-9,11H,1-2H3,(H,15,16). The highest BCUT2D eigenvalue weighted by molar-refractivity contribution is 5.94. The van der Waals surface area contributed by atoms with Crippen LogP contribution < -0.4 is 5.32 Å². The lowest BCUT2D eigenvalue weighted by Gasteiger charge is -2.11. The molecule has 0 aliphatic rings. The van der Waals surface area contributed by atoms with Crippen molar-refractivity contribution in [1.82, 2.24) is 5.32 Å². The first-order valence-corrected chi connectivity index (χ1v) is 5.58. The van der Waals surface area contributed by atoms with Crippen LogP contribution in [-0.2, 0) is 0 Å². The van der Waals surface area contributed by atoms with E-state index in [0.29, 0.717) is 5.56 Å². The Morgan fingerprint density at radius 1 is 1.24 bits per heavy atom. The van der Waals surface area contributed by atoms with Crippen molar-refractivity contribution in [3.8, 4) is 0 Å². The van der Waals surface area contributed by atoms with Gasteiger partial charge in [0.1, 0.15) is 5.76 Å². The van der Waals surface area contributed by atoms with Crippen LogP contribution in [0.5, 0.6) is 0 Å². The van der Waals surface area contributed by atoms with Crippen molar-refractivity contribution in [3.63, 3.8) is 0 Å². The van der Waals surface area contributed by atoms with Crippen LogP contribution in [-0.4, -0.2) is 5.91 Å². The second-order valence-electron chi connectivity index (χ2n) is 4.08. The molecule has 88 valence electrons. The fraction of sp³-hybridized carbons (Fsp3) is 0.214. The maximum absolute atomic E-state index is 11.9. The summed E-state index contributed by atoms with van der Waals surface area (Å²) in [6, 6.07) is 11.0. The molecule has 0 bridgehead atoms. The summed E-state index contributed by atoms with van der Waals surface area (Å²) in [7, 11) is 0. The number of hydrogen-bond donors (Lipinski definition) is 1. The normalized spacial score (nSPS) is 12.1. The molecule has 1 aromatic carbocycles. The first-order valence-electron chi connectivity index (χ1n) is 5.58. The molecule has 1 atom stereocenters. The summed E-state index contributed by atoms with van der Waals surface area (Å²) in [6.45, 7) is 3.89. The first kappa shape index (κ1) is 11.5. The van der Waals surface area contributed by atoms with Crippen LogP contribution in [0.1, 0.15) is 34.6 Å². The van der Waals surface area contributed by atoms with Crippen molar-refractivity contribution in [1.29, 1.82) is 0 Å². The topological polar surface area (TPSA) is 42.2 Å². The first-order chi connectivity index (χ1) is 8.16. The van der Waals surface area contributed by atoms with Crippen LogP contribution in [0, 0.1) is 6.92 Å². The van der Waals surface area contributed by atoms with Crippen molar-refractivity contribution in [2.45, 2.75) is 19.9 Å². The van der Waals surface area contributed by atoms with Crippen molar-refractivity contribution >= 4 is 5.91 Å². The maximum Gasteiger partial charge on any atom is 0.251 e. The zero-order chi connectivity index (χ0) is 12.3. The van der Waals surface area contributed by atoms with E-state index in [9.17, 15) is 4.79 Å². The molecule has 1 heterocycles. The second-order valence-corrected chi connectivity index (χ2v) is 4.08. The van der Waals surface area contributed by atoms with Crippen LogP contribution in [0.25, 0.3) is 0 Å². The van der Waals surface area contributed by atoms with E-state index in [-0.39, 0.29) is 11.9 Å². The van der Waals surface area contributed by atoms with Crippen LogP contribution in [0.3, 0.4) is 0 Å². The molecule has 0 saturated carbocycles. The fourth-order valence-electron chi connectivity index (χ4n) is 1.59. The molecule has 0 radical (unpaired) electrons. The molecule has 0 aliphatic heterocycles. The minimum Gasteiger partial charge on any atom is -0.467 e. The summed E-state index contributed by atoms with van der Waals surface area (Å²) >= 11 is 0. The maximum atomic E-state index is 11.9. The summed E-state index contributed by atoms with van der Waals surface area (Å²) < 4.78 is 5.24. The highest BCUT2D eigenvalue weighted by atomic mass is 16.3. The van der Waals surface area contributed by atoms with Gasteiger partial charge in [-0.05, 0) is 38.1 Å². The highest BCUT2D eigenvalue weighted by Crippen LogP contribution is 2.13. The minimum absolute atomic E-state index is 0.0890. The monoisotopic (exact) mass is 229 g/mol. The molecule has 3 nitrogen and oxygen atoms in total. The lowest BCUT2D eigenvalue weighted by atomic mass is 10.1. The number of nitrogens with one attached hydrogen (secondary N) is 1. The Morgan fingerprint density at radius 2 is 1.94 bits per heavy atom. The molecular formula is C14H15NO2. The molecule has 0 aliphatic carbocycles. The van der Waals surface area contributed by atoms with Gasteiger partial charge in [-0.2, -0.15) is 0 Å². The molecule has 17 heavy (non-hydrogen) atoms. The molecular weight excluding hydrogens is 214 g/mol. The smallest absolute Gasteiger partial charge is 0.251 e. The van der Waals surface area contributed by atoms with E-state index in [2.05, 4.69) is 5.32 Å². The number of hydrogen-bond acceptors (Lipinski definition) is 2. The third kappa shape index (κ3) is 2.75. The largest absolute Gasteiger partial charge is 0.467 e. The Balaban J connectivity index is 2.04. The van der Waals surface area contributed by atoms with Gasteiger partial charge in [-0.3, -0.25) is 4.79 Å². The number of amides is 1.